The van der Waals surface area contributed by atoms with Crippen molar-refractivity contribution in [2.24, 2.45) is 0 Å². The van der Waals surface area contributed by atoms with E-state index in [2.05, 4.69) is 15.5 Å². The first kappa shape index (κ1) is 25.3. The lowest BCUT2D eigenvalue weighted by molar-refractivity contribution is -0.182. The summed E-state index contributed by atoms with van der Waals surface area (Å²) in [4.78, 5) is 43.4. The summed E-state index contributed by atoms with van der Waals surface area (Å²) in [5, 5.41) is 11.5. The van der Waals surface area contributed by atoms with Crippen LogP contribution in [-0.4, -0.2) is 88.4 Å². The van der Waals surface area contributed by atoms with Crippen molar-refractivity contribution in [3.63, 3.8) is 0 Å². The van der Waals surface area contributed by atoms with E-state index >= 15 is 8.78 Å². The highest BCUT2D eigenvalue weighted by atomic mass is 19.3. The summed E-state index contributed by atoms with van der Waals surface area (Å²) < 4.78 is 61.0. The molecule has 194 valence electrons. The fourth-order valence-corrected chi connectivity index (χ4v) is 3.84. The quantitative estimate of drug-likeness (QED) is 0.477. The highest BCUT2D eigenvalue weighted by Gasteiger charge is 2.34. The number of ether oxygens (including phenoxy) is 1. The third kappa shape index (κ3) is 5.69. The molecule has 0 bridgehead atoms. The van der Waals surface area contributed by atoms with Gasteiger partial charge in [0.15, 0.2) is 17.4 Å². The molecule has 2 aromatic rings. The van der Waals surface area contributed by atoms with E-state index in [1.807, 2.05) is 0 Å². The number of tetrazole rings is 1. The monoisotopic (exact) mass is 515 g/mol. The normalized spacial score (nSPS) is 18.5. The molecule has 12 nitrogen and oxygen atoms in total. The van der Waals surface area contributed by atoms with Gasteiger partial charge in [-0.3, -0.25) is 19.3 Å². The second-order valence-corrected chi connectivity index (χ2v) is 8.00. The number of aromatic nitrogens is 4. The van der Waals surface area contributed by atoms with Gasteiger partial charge in [0, 0.05) is 31.6 Å². The molecule has 2 amide bonds. The first-order chi connectivity index (χ1) is 17.2. The van der Waals surface area contributed by atoms with Crippen LogP contribution in [0.2, 0.25) is 0 Å². The number of halogens is 4. The SMILES string of the molecule is O=C(CC[C@H]1CN(c2cc(F)c(N3CCON(C(=O)Cn4cnnn4)CC3)c(F)c2)C(=O)O1)C(F)F. The number of benzene rings is 1. The van der Waals surface area contributed by atoms with Gasteiger partial charge in [0.25, 0.3) is 12.3 Å². The molecule has 2 aliphatic rings. The number of Topliss-reactive ketones (excluding diaryl/α,β-unsaturated/α-hetero) is 1. The summed E-state index contributed by atoms with van der Waals surface area (Å²) in [5.74, 6) is -3.63. The van der Waals surface area contributed by atoms with Crippen LogP contribution in [-0.2, 0) is 25.7 Å². The predicted molar refractivity (Wildman–Crippen MR) is 112 cm³/mol. The fourth-order valence-electron chi connectivity index (χ4n) is 3.84. The maximum absolute atomic E-state index is 15.0. The average Bonchev–Trinajstić information content (AvgIpc) is 3.40. The number of carbonyl (C=O) groups is 3. The van der Waals surface area contributed by atoms with Crippen molar-refractivity contribution in [1.82, 2.24) is 25.3 Å². The molecule has 1 aromatic carbocycles. The fraction of sp³-hybridized carbons (Fsp3) is 0.500. The first-order valence-electron chi connectivity index (χ1n) is 10.9. The number of rotatable bonds is 8. The van der Waals surface area contributed by atoms with E-state index in [-0.39, 0.29) is 57.1 Å². The summed E-state index contributed by atoms with van der Waals surface area (Å²) in [6.45, 7) is -0.204. The van der Waals surface area contributed by atoms with Gasteiger partial charge in [0.1, 0.15) is 24.7 Å². The molecular formula is C20H21F4N7O5. The Morgan fingerprint density at radius 3 is 2.56 bits per heavy atom. The van der Waals surface area contributed by atoms with Crippen molar-refractivity contribution in [1.29, 1.82) is 0 Å². The number of amides is 2. The van der Waals surface area contributed by atoms with Crippen molar-refractivity contribution in [3.8, 4) is 0 Å². The van der Waals surface area contributed by atoms with Crippen LogP contribution in [0.4, 0.5) is 33.7 Å². The summed E-state index contributed by atoms with van der Waals surface area (Å²) in [6.07, 6.45) is -4.26. The number of carbonyl (C=O) groups excluding carboxylic acids is 3. The number of hydrogen-bond donors (Lipinski definition) is 0. The minimum Gasteiger partial charge on any atom is -0.444 e. The Balaban J connectivity index is 1.40. The lowest BCUT2D eigenvalue weighted by atomic mass is 10.1. The third-order valence-corrected chi connectivity index (χ3v) is 5.61. The number of hydroxylamine groups is 2. The van der Waals surface area contributed by atoms with E-state index in [4.69, 9.17) is 9.57 Å². The Morgan fingerprint density at radius 1 is 1.14 bits per heavy atom. The molecule has 1 aromatic heterocycles. The van der Waals surface area contributed by atoms with Gasteiger partial charge < -0.3 is 9.64 Å². The molecule has 2 saturated heterocycles. The summed E-state index contributed by atoms with van der Waals surface area (Å²) in [6, 6.07) is 1.91. The standard InChI is InChI=1S/C20H21F4N7O5/c21-14-7-12(30-9-13(36-20(30)34)1-2-16(32)19(23)24)8-15(22)18(14)28-3-4-31(35-6-5-28)17(33)10-29-11-25-26-27-29/h7-8,11,13,19H,1-6,9-10H2/t13-/m0/s1. The van der Waals surface area contributed by atoms with Crippen molar-refractivity contribution in [2.75, 3.05) is 42.6 Å². The van der Waals surface area contributed by atoms with Gasteiger partial charge in [-0.1, -0.05) is 0 Å². The third-order valence-electron chi connectivity index (χ3n) is 5.61. The van der Waals surface area contributed by atoms with E-state index in [1.165, 1.54) is 15.9 Å². The molecular weight excluding hydrogens is 494 g/mol. The number of cyclic esters (lactones) is 1. The highest BCUT2D eigenvalue weighted by Crippen LogP contribution is 2.32. The second-order valence-electron chi connectivity index (χ2n) is 8.00. The molecule has 0 saturated carbocycles. The Kier molecular flexibility index (Phi) is 7.61. The van der Waals surface area contributed by atoms with Crippen LogP contribution in [0.25, 0.3) is 0 Å². The number of alkyl halides is 2. The average molecular weight is 515 g/mol. The molecule has 0 spiro atoms. The van der Waals surface area contributed by atoms with Crippen LogP contribution in [0, 0.1) is 11.6 Å². The largest absolute Gasteiger partial charge is 0.444 e. The van der Waals surface area contributed by atoms with Gasteiger partial charge >= 0.3 is 6.09 Å². The van der Waals surface area contributed by atoms with Crippen molar-refractivity contribution in [3.05, 3.63) is 30.1 Å². The molecule has 0 aliphatic carbocycles. The van der Waals surface area contributed by atoms with Crippen molar-refractivity contribution in [2.45, 2.75) is 31.9 Å². The molecule has 2 fully saturated rings. The molecule has 4 rings (SSSR count). The topological polar surface area (TPSA) is 123 Å². The van der Waals surface area contributed by atoms with Gasteiger partial charge in [0.05, 0.1) is 25.4 Å². The summed E-state index contributed by atoms with van der Waals surface area (Å²) >= 11 is 0. The number of hydrogen-bond acceptors (Lipinski definition) is 9. The van der Waals surface area contributed by atoms with Gasteiger partial charge in [-0.2, -0.15) is 0 Å². The zero-order valence-corrected chi connectivity index (χ0v) is 18.7. The predicted octanol–water partition coefficient (Wildman–Crippen LogP) is 1.17. The Bertz CT molecular complexity index is 1100. The Hall–Kier alpha value is -3.82. The van der Waals surface area contributed by atoms with Gasteiger partial charge in [-0.25, -0.2) is 32.1 Å². The molecule has 0 N–H and O–H groups in total. The van der Waals surface area contributed by atoms with Gasteiger partial charge in [-0.05, 0) is 16.8 Å². The molecule has 0 unspecified atom stereocenters. The van der Waals surface area contributed by atoms with E-state index in [1.54, 1.807) is 0 Å². The van der Waals surface area contributed by atoms with Crippen LogP contribution in [0.1, 0.15) is 12.8 Å². The zero-order chi connectivity index (χ0) is 25.8. The van der Waals surface area contributed by atoms with Crippen LogP contribution in [0.5, 0.6) is 0 Å². The van der Waals surface area contributed by atoms with Crippen molar-refractivity contribution >= 4 is 29.2 Å². The van der Waals surface area contributed by atoms with Crippen LogP contribution < -0.4 is 9.80 Å². The molecule has 1 atom stereocenters. The molecule has 3 heterocycles. The smallest absolute Gasteiger partial charge is 0.414 e. The number of ketones is 1. The minimum atomic E-state index is -3.12. The first-order valence-corrected chi connectivity index (χ1v) is 10.9. The van der Waals surface area contributed by atoms with Crippen LogP contribution >= 0.6 is 0 Å². The van der Waals surface area contributed by atoms with Gasteiger partial charge in [0.2, 0.25) is 0 Å². The van der Waals surface area contributed by atoms with E-state index in [0.29, 0.717) is 0 Å². The maximum Gasteiger partial charge on any atom is 0.414 e. The molecule has 0 radical (unpaired) electrons. The maximum atomic E-state index is 15.0. The Morgan fingerprint density at radius 2 is 1.89 bits per heavy atom. The molecule has 2 aliphatic heterocycles. The summed E-state index contributed by atoms with van der Waals surface area (Å²) in [5.41, 5.74) is -0.477. The lowest BCUT2D eigenvalue weighted by Gasteiger charge is -2.24. The highest BCUT2D eigenvalue weighted by molar-refractivity contribution is 5.90. The minimum absolute atomic E-state index is 0.0130. The zero-order valence-electron chi connectivity index (χ0n) is 18.7. The van der Waals surface area contributed by atoms with Crippen LogP contribution in [0.15, 0.2) is 18.5 Å². The van der Waals surface area contributed by atoms with Crippen LogP contribution in [0.3, 0.4) is 0 Å². The van der Waals surface area contributed by atoms with E-state index in [0.717, 1.165) is 22.1 Å². The van der Waals surface area contributed by atoms with E-state index in [9.17, 15) is 23.2 Å². The molecule has 36 heavy (non-hydrogen) atoms. The van der Waals surface area contributed by atoms with Gasteiger partial charge in [-0.15, -0.1) is 5.10 Å². The number of nitrogens with zero attached hydrogens (tertiary/aromatic N) is 7. The number of anilines is 2. The summed E-state index contributed by atoms with van der Waals surface area (Å²) in [7, 11) is 0. The Labute approximate surface area is 201 Å². The lowest BCUT2D eigenvalue weighted by Crippen LogP contribution is -2.37. The molecule has 16 heteroatoms. The second kappa shape index (κ2) is 10.8. The van der Waals surface area contributed by atoms with E-state index < -0.39 is 48.4 Å². The van der Waals surface area contributed by atoms with Crippen molar-refractivity contribution < 1.29 is 41.5 Å².